The second kappa shape index (κ2) is 6.33. The largest absolute Gasteiger partial charge is 0.480 e. The molecular weight excluding hydrogens is 201 g/mol. The lowest BCUT2D eigenvalue weighted by Crippen LogP contribution is -2.53. The number of unbranched alkanes of at least 4 members (excludes halogenated alkanes) is 1. The maximum absolute atomic E-state index is 11.0. The molecule has 0 heterocycles. The van der Waals surface area contributed by atoms with E-state index in [4.69, 9.17) is 10.2 Å². The molecule has 5 heteroatoms. The molecule has 0 aromatic carbocycles. The molecule has 14 heavy (non-hydrogen) atoms. The Morgan fingerprint density at radius 2 is 2.21 bits per heavy atom. The lowest BCUT2D eigenvalue weighted by molar-refractivity contribution is -0.144. The fraction of sp³-hybridized carbons (Fsp3) is 0.889. The van der Waals surface area contributed by atoms with Gasteiger partial charge in [-0.05, 0) is 13.3 Å². The SMILES string of the molecule is CCCCC(C)(N[C@H](P)CO)C(=O)O. The molecular formula is C9H20NO3P. The minimum Gasteiger partial charge on any atom is -0.480 e. The summed E-state index contributed by atoms with van der Waals surface area (Å²) in [5.41, 5.74) is -0.939. The molecule has 3 N–H and O–H groups in total. The zero-order valence-corrected chi connectivity index (χ0v) is 9.94. The summed E-state index contributed by atoms with van der Waals surface area (Å²) in [5, 5.41) is 20.8. The van der Waals surface area contributed by atoms with Gasteiger partial charge in [0, 0.05) is 5.78 Å². The lowest BCUT2D eigenvalue weighted by Gasteiger charge is -2.29. The van der Waals surface area contributed by atoms with Crippen LogP contribution in [-0.2, 0) is 4.79 Å². The summed E-state index contributed by atoms with van der Waals surface area (Å²) in [6.45, 7) is 3.59. The first-order valence-corrected chi connectivity index (χ1v) is 5.50. The van der Waals surface area contributed by atoms with Crippen molar-refractivity contribution in [3.63, 3.8) is 0 Å². The molecule has 0 aliphatic carbocycles. The molecule has 0 saturated carbocycles. The fourth-order valence-electron chi connectivity index (χ4n) is 1.23. The van der Waals surface area contributed by atoms with Gasteiger partial charge >= 0.3 is 5.97 Å². The highest BCUT2D eigenvalue weighted by Crippen LogP contribution is 2.16. The zero-order valence-electron chi connectivity index (χ0n) is 8.79. The molecule has 0 aromatic rings. The predicted octanol–water partition coefficient (Wildman–Crippen LogP) is 0.803. The van der Waals surface area contributed by atoms with Crippen LogP contribution in [0.4, 0.5) is 0 Å². The Kier molecular flexibility index (Phi) is 6.25. The third kappa shape index (κ3) is 4.36. The summed E-state index contributed by atoms with van der Waals surface area (Å²) in [5.74, 6) is -1.14. The van der Waals surface area contributed by atoms with Gasteiger partial charge in [0.05, 0.1) is 6.61 Å². The van der Waals surface area contributed by atoms with Gasteiger partial charge in [-0.25, -0.2) is 0 Å². The van der Waals surface area contributed by atoms with Crippen molar-refractivity contribution in [2.24, 2.45) is 0 Å². The van der Waals surface area contributed by atoms with Crippen molar-refractivity contribution in [3.05, 3.63) is 0 Å². The summed E-state index contributed by atoms with van der Waals surface area (Å²) >= 11 is 0. The van der Waals surface area contributed by atoms with E-state index in [9.17, 15) is 4.79 Å². The topological polar surface area (TPSA) is 69.6 Å². The van der Waals surface area contributed by atoms with Gasteiger partial charge in [-0.2, -0.15) is 0 Å². The van der Waals surface area contributed by atoms with E-state index >= 15 is 0 Å². The van der Waals surface area contributed by atoms with E-state index in [0.717, 1.165) is 12.8 Å². The van der Waals surface area contributed by atoms with E-state index in [0.29, 0.717) is 6.42 Å². The Hall–Kier alpha value is -0.180. The van der Waals surface area contributed by atoms with E-state index in [-0.39, 0.29) is 12.4 Å². The van der Waals surface area contributed by atoms with Gasteiger partial charge in [0.15, 0.2) is 0 Å². The summed E-state index contributed by atoms with van der Waals surface area (Å²) in [4.78, 5) is 11.0. The molecule has 0 rings (SSSR count). The van der Waals surface area contributed by atoms with E-state index in [1.54, 1.807) is 6.92 Å². The molecule has 0 saturated heterocycles. The number of carboxylic acids is 1. The number of nitrogens with one attached hydrogen (secondary N) is 1. The number of hydrogen-bond acceptors (Lipinski definition) is 3. The van der Waals surface area contributed by atoms with Crippen LogP contribution in [0.2, 0.25) is 0 Å². The molecule has 4 nitrogen and oxygen atoms in total. The number of hydrogen-bond donors (Lipinski definition) is 3. The molecule has 0 aliphatic rings. The third-order valence-electron chi connectivity index (χ3n) is 2.20. The van der Waals surface area contributed by atoms with Crippen LogP contribution in [-0.4, -0.2) is 34.1 Å². The standard InChI is InChI=1S/C9H20NO3P/c1-3-4-5-9(2,8(12)13)10-7(14)6-11/h7,10-11H,3-6,14H2,1-2H3,(H,12,13)/t7-,9?/m1/s1. The highest BCUT2D eigenvalue weighted by atomic mass is 31.0. The Morgan fingerprint density at radius 3 is 2.57 bits per heavy atom. The molecule has 0 fully saturated rings. The first-order valence-electron chi connectivity index (χ1n) is 4.83. The van der Waals surface area contributed by atoms with Crippen molar-refractivity contribution in [1.29, 1.82) is 0 Å². The van der Waals surface area contributed by atoms with Crippen molar-refractivity contribution >= 4 is 15.2 Å². The summed E-state index contributed by atoms with van der Waals surface area (Å²) in [6, 6.07) is 0. The molecule has 0 radical (unpaired) electrons. The van der Waals surface area contributed by atoms with Gasteiger partial charge in [-0.3, -0.25) is 10.1 Å². The molecule has 0 bridgehead atoms. The van der Waals surface area contributed by atoms with Gasteiger partial charge < -0.3 is 10.2 Å². The average Bonchev–Trinajstić information content (AvgIpc) is 2.14. The first kappa shape index (κ1) is 13.8. The van der Waals surface area contributed by atoms with Gasteiger partial charge in [-0.15, -0.1) is 9.24 Å². The van der Waals surface area contributed by atoms with Crippen LogP contribution in [0.3, 0.4) is 0 Å². The predicted molar refractivity (Wildman–Crippen MR) is 59.3 cm³/mol. The Bertz CT molecular complexity index is 189. The number of aliphatic hydroxyl groups excluding tert-OH is 1. The smallest absolute Gasteiger partial charge is 0.323 e. The number of carbonyl (C=O) groups is 1. The van der Waals surface area contributed by atoms with Crippen LogP contribution < -0.4 is 5.32 Å². The van der Waals surface area contributed by atoms with E-state index in [1.165, 1.54) is 0 Å². The van der Waals surface area contributed by atoms with Crippen LogP contribution in [0.5, 0.6) is 0 Å². The van der Waals surface area contributed by atoms with Crippen molar-refractivity contribution in [2.75, 3.05) is 6.61 Å². The third-order valence-corrected chi connectivity index (χ3v) is 2.58. The summed E-state index contributed by atoms with van der Waals surface area (Å²) < 4.78 is 0. The van der Waals surface area contributed by atoms with Crippen molar-refractivity contribution < 1.29 is 15.0 Å². The minimum atomic E-state index is -0.939. The Labute approximate surface area is 87.3 Å². The zero-order chi connectivity index (χ0) is 11.2. The molecule has 3 atom stereocenters. The van der Waals surface area contributed by atoms with Crippen LogP contribution in [0.1, 0.15) is 33.1 Å². The van der Waals surface area contributed by atoms with Gasteiger partial charge in [0.25, 0.3) is 0 Å². The Morgan fingerprint density at radius 1 is 1.64 bits per heavy atom. The molecule has 0 aliphatic heterocycles. The molecule has 0 spiro atoms. The van der Waals surface area contributed by atoms with Crippen molar-refractivity contribution in [2.45, 2.75) is 44.4 Å². The van der Waals surface area contributed by atoms with E-state index in [2.05, 4.69) is 14.6 Å². The molecule has 0 aromatic heterocycles. The van der Waals surface area contributed by atoms with Crippen molar-refractivity contribution in [1.82, 2.24) is 5.32 Å². The number of rotatable bonds is 7. The summed E-state index contributed by atoms with van der Waals surface area (Å²) in [6.07, 6.45) is 2.40. The second-order valence-electron chi connectivity index (χ2n) is 3.67. The highest BCUT2D eigenvalue weighted by molar-refractivity contribution is 7.17. The van der Waals surface area contributed by atoms with Gasteiger partial charge in [0.2, 0.25) is 0 Å². The van der Waals surface area contributed by atoms with Crippen LogP contribution in [0.25, 0.3) is 0 Å². The average molecular weight is 221 g/mol. The Balaban J connectivity index is 4.31. The van der Waals surface area contributed by atoms with E-state index < -0.39 is 11.5 Å². The number of carboxylic acid groups (broad SMARTS) is 1. The maximum Gasteiger partial charge on any atom is 0.323 e. The minimum absolute atomic E-state index is 0.0837. The number of aliphatic carboxylic acids is 1. The van der Waals surface area contributed by atoms with Crippen LogP contribution in [0.15, 0.2) is 0 Å². The molecule has 0 amide bonds. The van der Waals surface area contributed by atoms with Gasteiger partial charge in [0.1, 0.15) is 5.54 Å². The maximum atomic E-state index is 11.0. The highest BCUT2D eigenvalue weighted by Gasteiger charge is 2.33. The lowest BCUT2D eigenvalue weighted by atomic mass is 9.95. The molecule has 2 unspecified atom stereocenters. The van der Waals surface area contributed by atoms with E-state index in [1.807, 2.05) is 6.92 Å². The van der Waals surface area contributed by atoms with Crippen molar-refractivity contribution in [3.8, 4) is 0 Å². The normalized spacial score (nSPS) is 17.4. The van der Waals surface area contributed by atoms with Crippen LogP contribution >= 0.6 is 9.24 Å². The number of aliphatic hydroxyl groups is 1. The second-order valence-corrected chi connectivity index (χ2v) is 4.48. The first-order chi connectivity index (χ1) is 6.46. The fourth-order valence-corrected chi connectivity index (χ4v) is 1.59. The summed E-state index contributed by atoms with van der Waals surface area (Å²) in [7, 11) is 2.38. The van der Waals surface area contributed by atoms with Crippen LogP contribution in [0, 0.1) is 0 Å². The molecule has 84 valence electrons. The quantitative estimate of drug-likeness (QED) is 0.556. The monoisotopic (exact) mass is 221 g/mol. The van der Waals surface area contributed by atoms with Gasteiger partial charge in [-0.1, -0.05) is 19.8 Å².